The number of hydrogen-bond acceptors (Lipinski definition) is 3. The number of urea groups is 1. The Balaban J connectivity index is 1.86. The minimum absolute atomic E-state index is 0.120. The summed E-state index contributed by atoms with van der Waals surface area (Å²) in [5.41, 5.74) is 1.29. The quantitative estimate of drug-likeness (QED) is 0.725. The Morgan fingerprint density at radius 2 is 1.91 bits per heavy atom. The van der Waals surface area contributed by atoms with E-state index in [4.69, 9.17) is 11.6 Å². The van der Waals surface area contributed by atoms with Crippen molar-refractivity contribution in [1.29, 1.82) is 0 Å². The molecule has 1 atom stereocenters. The van der Waals surface area contributed by atoms with Gasteiger partial charge in [0.1, 0.15) is 0 Å². The van der Waals surface area contributed by atoms with Crippen LogP contribution in [0.4, 0.5) is 10.5 Å². The van der Waals surface area contributed by atoms with Gasteiger partial charge in [0.15, 0.2) is 0 Å². The number of aliphatic hydroxyl groups is 1. The van der Waals surface area contributed by atoms with Crippen LogP contribution in [-0.2, 0) is 0 Å². The molecule has 0 aliphatic carbocycles. The third kappa shape index (κ3) is 4.66. The lowest BCUT2D eigenvalue weighted by atomic mass is 10.1. The third-order valence-electron chi connectivity index (χ3n) is 3.08. The van der Waals surface area contributed by atoms with E-state index in [1.807, 2.05) is 30.5 Å². The molecule has 0 spiro atoms. The van der Waals surface area contributed by atoms with E-state index in [-0.39, 0.29) is 6.54 Å². The summed E-state index contributed by atoms with van der Waals surface area (Å²) < 4.78 is 0. The van der Waals surface area contributed by atoms with Gasteiger partial charge in [-0.3, -0.25) is 0 Å². The van der Waals surface area contributed by atoms with Crippen molar-refractivity contribution in [3.63, 3.8) is 0 Å². The number of amides is 2. The highest BCUT2D eigenvalue weighted by Crippen LogP contribution is 2.21. The number of rotatable bonds is 5. The second kappa shape index (κ2) is 8.08. The number of thioether (sulfide) groups is 1. The summed E-state index contributed by atoms with van der Waals surface area (Å²) in [4.78, 5) is 12.9. The van der Waals surface area contributed by atoms with Crippen molar-refractivity contribution < 1.29 is 9.90 Å². The zero-order valence-corrected chi connectivity index (χ0v) is 13.6. The van der Waals surface area contributed by atoms with Gasteiger partial charge < -0.3 is 15.7 Å². The molecule has 0 aromatic heterocycles. The predicted octanol–water partition coefficient (Wildman–Crippen LogP) is 3.92. The maximum atomic E-state index is 11.8. The van der Waals surface area contributed by atoms with Gasteiger partial charge >= 0.3 is 6.03 Å². The molecule has 4 nitrogen and oxygen atoms in total. The first-order chi connectivity index (χ1) is 10.6. The summed E-state index contributed by atoms with van der Waals surface area (Å²) in [5, 5.41) is 15.8. The zero-order chi connectivity index (χ0) is 15.9. The molecule has 2 aromatic carbocycles. The summed E-state index contributed by atoms with van der Waals surface area (Å²) in [6.45, 7) is 0.120. The van der Waals surface area contributed by atoms with Crippen LogP contribution >= 0.6 is 23.4 Å². The molecule has 0 aliphatic rings. The molecule has 0 radical (unpaired) electrons. The van der Waals surface area contributed by atoms with Gasteiger partial charge in [-0.1, -0.05) is 35.9 Å². The van der Waals surface area contributed by atoms with E-state index >= 15 is 0 Å². The summed E-state index contributed by atoms with van der Waals surface area (Å²) in [6, 6.07) is 14.1. The molecule has 0 bridgehead atoms. The maximum absolute atomic E-state index is 11.8. The molecule has 116 valence electrons. The predicted molar refractivity (Wildman–Crippen MR) is 91.7 cm³/mol. The van der Waals surface area contributed by atoms with Gasteiger partial charge in [0, 0.05) is 11.4 Å². The van der Waals surface area contributed by atoms with Crippen LogP contribution in [0.25, 0.3) is 0 Å². The van der Waals surface area contributed by atoms with E-state index in [1.54, 1.807) is 36.0 Å². The monoisotopic (exact) mass is 336 g/mol. The largest absolute Gasteiger partial charge is 0.387 e. The van der Waals surface area contributed by atoms with E-state index in [0.29, 0.717) is 10.7 Å². The molecule has 22 heavy (non-hydrogen) atoms. The average Bonchev–Trinajstić information content (AvgIpc) is 2.55. The Bertz CT molecular complexity index is 634. The van der Waals surface area contributed by atoms with Crippen LogP contribution in [0, 0.1) is 0 Å². The number of hydrogen-bond donors (Lipinski definition) is 3. The minimum atomic E-state index is -0.757. The Labute approximate surface area is 138 Å². The first-order valence-electron chi connectivity index (χ1n) is 6.71. The van der Waals surface area contributed by atoms with Crippen molar-refractivity contribution in [2.24, 2.45) is 0 Å². The number of benzene rings is 2. The van der Waals surface area contributed by atoms with Gasteiger partial charge in [-0.15, -0.1) is 11.8 Å². The normalized spacial score (nSPS) is 11.8. The number of nitrogens with one attached hydrogen (secondary N) is 2. The second-order valence-electron chi connectivity index (χ2n) is 4.60. The molecule has 0 heterocycles. The van der Waals surface area contributed by atoms with Gasteiger partial charge in [-0.25, -0.2) is 4.79 Å². The molecular formula is C16H17ClN2O2S. The Hall–Kier alpha value is -1.69. The van der Waals surface area contributed by atoms with Gasteiger partial charge in [0.2, 0.25) is 0 Å². The summed E-state index contributed by atoms with van der Waals surface area (Å²) in [5.74, 6) is 0. The standard InChI is InChI=1S/C16H17ClN2O2S/c1-22-12-8-6-11(7-9-12)15(20)10-18-16(21)19-14-5-3-2-4-13(14)17/h2-9,15,20H,10H2,1H3,(H2,18,19,21). The lowest BCUT2D eigenvalue weighted by molar-refractivity contribution is 0.175. The number of anilines is 1. The fourth-order valence-corrected chi connectivity index (χ4v) is 2.45. The van der Waals surface area contributed by atoms with Crippen LogP contribution in [0.2, 0.25) is 5.02 Å². The van der Waals surface area contributed by atoms with Crippen molar-refractivity contribution >= 4 is 35.1 Å². The minimum Gasteiger partial charge on any atom is -0.387 e. The summed E-state index contributed by atoms with van der Waals surface area (Å²) in [6.07, 6.45) is 1.24. The first kappa shape index (κ1) is 16.7. The van der Waals surface area contributed by atoms with Crippen molar-refractivity contribution in [2.45, 2.75) is 11.0 Å². The fourth-order valence-electron chi connectivity index (χ4n) is 1.86. The first-order valence-corrected chi connectivity index (χ1v) is 8.32. The number of halogens is 1. The highest BCUT2D eigenvalue weighted by molar-refractivity contribution is 7.98. The number of aliphatic hydroxyl groups excluding tert-OH is 1. The van der Waals surface area contributed by atoms with Crippen LogP contribution in [0.5, 0.6) is 0 Å². The molecule has 0 aliphatic heterocycles. The molecule has 0 saturated carbocycles. The van der Waals surface area contributed by atoms with Crippen LogP contribution in [0.3, 0.4) is 0 Å². The van der Waals surface area contributed by atoms with E-state index in [2.05, 4.69) is 10.6 Å². The lowest BCUT2D eigenvalue weighted by Crippen LogP contribution is -2.32. The smallest absolute Gasteiger partial charge is 0.319 e. The highest BCUT2D eigenvalue weighted by Gasteiger charge is 2.10. The van der Waals surface area contributed by atoms with Gasteiger partial charge in [0.25, 0.3) is 0 Å². The van der Waals surface area contributed by atoms with Crippen molar-refractivity contribution in [3.05, 3.63) is 59.1 Å². The van der Waals surface area contributed by atoms with Crippen molar-refractivity contribution in [1.82, 2.24) is 5.32 Å². The summed E-state index contributed by atoms with van der Waals surface area (Å²) in [7, 11) is 0. The number of para-hydroxylation sites is 1. The Morgan fingerprint density at radius 1 is 1.23 bits per heavy atom. The Morgan fingerprint density at radius 3 is 2.55 bits per heavy atom. The van der Waals surface area contributed by atoms with Crippen LogP contribution < -0.4 is 10.6 Å². The SMILES string of the molecule is CSc1ccc(C(O)CNC(=O)Nc2ccccc2Cl)cc1. The molecule has 2 rings (SSSR count). The van der Waals surface area contributed by atoms with Crippen molar-refractivity contribution in [3.8, 4) is 0 Å². The number of carbonyl (C=O) groups is 1. The zero-order valence-electron chi connectivity index (χ0n) is 12.0. The fraction of sp³-hybridized carbons (Fsp3) is 0.188. The molecule has 2 amide bonds. The van der Waals surface area contributed by atoms with Gasteiger partial charge in [-0.2, -0.15) is 0 Å². The molecule has 2 aromatic rings. The maximum Gasteiger partial charge on any atom is 0.319 e. The molecule has 0 fully saturated rings. The van der Waals surface area contributed by atoms with Crippen LogP contribution in [-0.4, -0.2) is 23.9 Å². The molecule has 3 N–H and O–H groups in total. The lowest BCUT2D eigenvalue weighted by Gasteiger charge is -2.13. The highest BCUT2D eigenvalue weighted by atomic mass is 35.5. The van der Waals surface area contributed by atoms with Gasteiger partial charge in [-0.05, 0) is 36.1 Å². The molecule has 1 unspecified atom stereocenters. The van der Waals surface area contributed by atoms with E-state index in [9.17, 15) is 9.90 Å². The van der Waals surface area contributed by atoms with E-state index in [0.717, 1.165) is 10.5 Å². The molecular weight excluding hydrogens is 320 g/mol. The second-order valence-corrected chi connectivity index (χ2v) is 5.89. The number of carbonyl (C=O) groups excluding carboxylic acids is 1. The third-order valence-corrected chi connectivity index (χ3v) is 4.15. The topological polar surface area (TPSA) is 61.4 Å². The summed E-state index contributed by atoms with van der Waals surface area (Å²) >= 11 is 7.60. The van der Waals surface area contributed by atoms with E-state index in [1.165, 1.54) is 0 Å². The van der Waals surface area contributed by atoms with E-state index < -0.39 is 12.1 Å². The van der Waals surface area contributed by atoms with Gasteiger partial charge in [0.05, 0.1) is 16.8 Å². The van der Waals surface area contributed by atoms with Crippen LogP contribution in [0.15, 0.2) is 53.4 Å². The van der Waals surface area contributed by atoms with Crippen molar-refractivity contribution in [2.75, 3.05) is 18.1 Å². The molecule has 0 saturated heterocycles. The van der Waals surface area contributed by atoms with Crippen LogP contribution in [0.1, 0.15) is 11.7 Å². The molecule has 6 heteroatoms. The average molecular weight is 337 g/mol. The Kier molecular flexibility index (Phi) is 6.12.